The summed E-state index contributed by atoms with van der Waals surface area (Å²) >= 11 is 6.19. The summed E-state index contributed by atoms with van der Waals surface area (Å²) in [5, 5.41) is 8.60. The first-order chi connectivity index (χ1) is 11.2. The summed E-state index contributed by atoms with van der Waals surface area (Å²) in [5.41, 5.74) is -0.300. The molecule has 0 aromatic carbocycles. The molecule has 3 heterocycles. The van der Waals surface area contributed by atoms with E-state index in [0.717, 1.165) is 0 Å². The monoisotopic (exact) mass is 339 g/mol. The van der Waals surface area contributed by atoms with Crippen LogP contribution in [0, 0.1) is 0 Å². The van der Waals surface area contributed by atoms with E-state index in [2.05, 4.69) is 15.2 Å². The fourth-order valence-corrected chi connectivity index (χ4v) is 2.66. The largest absolute Gasteiger partial charge is 0.478 e. The van der Waals surface area contributed by atoms with Crippen LogP contribution < -0.4 is 4.74 Å². The molecule has 23 heavy (non-hydrogen) atoms. The molecular weight excluding hydrogens is 322 g/mol. The second-order valence-corrected chi connectivity index (χ2v) is 5.46. The van der Waals surface area contributed by atoms with Crippen LogP contribution >= 0.6 is 11.6 Å². The van der Waals surface area contributed by atoms with E-state index in [1.807, 2.05) is 13.8 Å². The highest BCUT2D eigenvalue weighted by Crippen LogP contribution is 2.36. The van der Waals surface area contributed by atoms with Gasteiger partial charge in [-0.15, -0.1) is 10.2 Å². The highest BCUT2D eigenvalue weighted by atomic mass is 35.5. The van der Waals surface area contributed by atoms with E-state index in [4.69, 9.17) is 30.2 Å². The van der Waals surface area contributed by atoms with E-state index >= 15 is 0 Å². The average Bonchev–Trinajstić information content (AvgIpc) is 3.20. The highest BCUT2D eigenvalue weighted by molar-refractivity contribution is 6.32. The van der Waals surface area contributed by atoms with Gasteiger partial charge in [0.05, 0.1) is 24.8 Å². The van der Waals surface area contributed by atoms with Crippen molar-refractivity contribution in [3.8, 4) is 17.5 Å². The normalized spacial score (nSPS) is 20.8. The molecule has 1 aliphatic rings. The minimum absolute atomic E-state index is 0.234. The van der Waals surface area contributed by atoms with Crippen molar-refractivity contribution in [3.63, 3.8) is 0 Å². The molecule has 1 saturated heterocycles. The number of rotatable bonds is 6. The van der Waals surface area contributed by atoms with E-state index < -0.39 is 5.60 Å². The van der Waals surface area contributed by atoms with Gasteiger partial charge < -0.3 is 18.6 Å². The first kappa shape index (κ1) is 16.2. The van der Waals surface area contributed by atoms with Gasteiger partial charge in [-0.25, -0.2) is 4.98 Å². The predicted octanol–water partition coefficient (Wildman–Crippen LogP) is 2.84. The van der Waals surface area contributed by atoms with Crippen LogP contribution in [-0.4, -0.2) is 41.6 Å². The average molecular weight is 340 g/mol. The first-order valence-corrected chi connectivity index (χ1v) is 7.91. The minimum Gasteiger partial charge on any atom is -0.478 e. The number of nitrogens with zero attached hydrogens (tertiary/aromatic N) is 3. The first-order valence-electron chi connectivity index (χ1n) is 7.54. The van der Waals surface area contributed by atoms with Crippen molar-refractivity contribution in [1.29, 1.82) is 0 Å². The van der Waals surface area contributed by atoms with E-state index in [-0.39, 0.29) is 5.89 Å². The lowest BCUT2D eigenvalue weighted by molar-refractivity contribution is -0.0657. The second-order valence-electron chi connectivity index (χ2n) is 5.06. The SMILES string of the molecule is CCOc1ccc(Cl)c(-c2nnc(C3(OCC)CCOC3)o2)n1. The highest BCUT2D eigenvalue weighted by Gasteiger charge is 2.43. The number of halogens is 1. The topological polar surface area (TPSA) is 79.5 Å². The zero-order valence-electron chi connectivity index (χ0n) is 13.0. The van der Waals surface area contributed by atoms with Gasteiger partial charge in [0.25, 0.3) is 11.8 Å². The summed E-state index contributed by atoms with van der Waals surface area (Å²) < 4.78 is 22.4. The molecule has 8 heteroatoms. The lowest BCUT2D eigenvalue weighted by Gasteiger charge is -2.22. The lowest BCUT2D eigenvalue weighted by atomic mass is 10.0. The van der Waals surface area contributed by atoms with Crippen molar-refractivity contribution in [2.75, 3.05) is 26.4 Å². The number of hydrogen-bond donors (Lipinski definition) is 0. The Labute approximate surface area is 138 Å². The molecular formula is C15H18ClN3O4. The van der Waals surface area contributed by atoms with E-state index in [9.17, 15) is 0 Å². The number of ether oxygens (including phenoxy) is 3. The van der Waals surface area contributed by atoms with Crippen LogP contribution in [0.3, 0.4) is 0 Å². The van der Waals surface area contributed by atoms with Crippen LogP contribution in [0.4, 0.5) is 0 Å². The molecule has 0 amide bonds. The molecule has 0 bridgehead atoms. The standard InChI is InChI=1S/C15H18ClN3O4/c1-3-21-11-6-5-10(16)12(17-11)13-18-19-14(23-13)15(22-4-2)7-8-20-9-15/h5-6H,3-4,7-9H2,1-2H3. The molecule has 3 rings (SSSR count). The zero-order chi connectivity index (χ0) is 16.3. The Hall–Kier alpha value is -1.70. The van der Waals surface area contributed by atoms with Crippen LogP contribution in [-0.2, 0) is 15.1 Å². The summed E-state index contributed by atoms with van der Waals surface area (Å²) in [4.78, 5) is 4.32. The van der Waals surface area contributed by atoms with Gasteiger partial charge in [-0.2, -0.15) is 0 Å². The molecule has 1 fully saturated rings. The van der Waals surface area contributed by atoms with Gasteiger partial charge in [0, 0.05) is 19.1 Å². The fraction of sp³-hybridized carbons (Fsp3) is 0.533. The summed E-state index contributed by atoms with van der Waals surface area (Å²) in [6.07, 6.45) is 0.669. The van der Waals surface area contributed by atoms with Crippen molar-refractivity contribution >= 4 is 11.6 Å². The van der Waals surface area contributed by atoms with Crippen LogP contribution in [0.2, 0.25) is 5.02 Å². The maximum Gasteiger partial charge on any atom is 0.268 e. The van der Waals surface area contributed by atoms with Crippen LogP contribution in [0.15, 0.2) is 16.5 Å². The molecule has 124 valence electrons. The lowest BCUT2D eigenvalue weighted by Crippen LogP contribution is -2.30. The van der Waals surface area contributed by atoms with Crippen LogP contribution in [0.1, 0.15) is 26.2 Å². The quantitative estimate of drug-likeness (QED) is 0.800. The van der Waals surface area contributed by atoms with Crippen LogP contribution in [0.25, 0.3) is 11.6 Å². The van der Waals surface area contributed by atoms with Crippen molar-refractivity contribution in [2.24, 2.45) is 0 Å². The summed E-state index contributed by atoms with van der Waals surface area (Å²) in [6.45, 7) is 5.82. The maximum atomic E-state index is 6.19. The number of hydrogen-bond acceptors (Lipinski definition) is 7. The Kier molecular flexibility index (Phi) is 4.79. The Balaban J connectivity index is 1.94. The third-order valence-electron chi connectivity index (χ3n) is 3.54. The molecule has 2 aromatic rings. The van der Waals surface area contributed by atoms with E-state index in [0.29, 0.717) is 55.3 Å². The summed E-state index contributed by atoms with van der Waals surface area (Å²) in [6, 6.07) is 3.38. The summed E-state index contributed by atoms with van der Waals surface area (Å²) in [5.74, 6) is 1.07. The van der Waals surface area contributed by atoms with Gasteiger partial charge in [-0.1, -0.05) is 11.6 Å². The van der Waals surface area contributed by atoms with E-state index in [1.165, 1.54) is 0 Å². The Morgan fingerprint density at radius 2 is 2.13 bits per heavy atom. The fourth-order valence-electron chi connectivity index (χ4n) is 2.47. The molecule has 1 aliphatic heterocycles. The molecule has 1 atom stereocenters. The molecule has 0 radical (unpaired) electrons. The third-order valence-corrected chi connectivity index (χ3v) is 3.84. The maximum absolute atomic E-state index is 6.19. The van der Waals surface area contributed by atoms with Gasteiger partial charge in [0.2, 0.25) is 5.88 Å². The van der Waals surface area contributed by atoms with E-state index in [1.54, 1.807) is 12.1 Å². The second kappa shape index (κ2) is 6.82. The number of aromatic nitrogens is 3. The zero-order valence-corrected chi connectivity index (χ0v) is 13.8. The summed E-state index contributed by atoms with van der Waals surface area (Å²) in [7, 11) is 0. The van der Waals surface area contributed by atoms with Gasteiger partial charge in [-0.3, -0.25) is 0 Å². The third kappa shape index (κ3) is 3.17. The molecule has 0 N–H and O–H groups in total. The van der Waals surface area contributed by atoms with Crippen molar-refractivity contribution in [1.82, 2.24) is 15.2 Å². The smallest absolute Gasteiger partial charge is 0.268 e. The molecule has 1 unspecified atom stereocenters. The molecule has 2 aromatic heterocycles. The predicted molar refractivity (Wildman–Crippen MR) is 82.4 cm³/mol. The molecule has 0 spiro atoms. The van der Waals surface area contributed by atoms with Gasteiger partial charge in [0.1, 0.15) is 5.69 Å². The molecule has 7 nitrogen and oxygen atoms in total. The minimum atomic E-state index is -0.690. The van der Waals surface area contributed by atoms with Crippen molar-refractivity contribution in [2.45, 2.75) is 25.9 Å². The molecule has 0 saturated carbocycles. The van der Waals surface area contributed by atoms with Crippen LogP contribution in [0.5, 0.6) is 5.88 Å². The number of pyridine rings is 1. The van der Waals surface area contributed by atoms with Crippen molar-refractivity contribution in [3.05, 3.63) is 23.0 Å². The molecule has 0 aliphatic carbocycles. The van der Waals surface area contributed by atoms with Gasteiger partial charge >= 0.3 is 0 Å². The Morgan fingerprint density at radius 1 is 1.26 bits per heavy atom. The Morgan fingerprint density at radius 3 is 2.83 bits per heavy atom. The van der Waals surface area contributed by atoms with Crippen molar-refractivity contribution < 1.29 is 18.6 Å². The van der Waals surface area contributed by atoms with Gasteiger partial charge in [-0.05, 0) is 19.9 Å². The Bertz CT molecular complexity index is 670. The van der Waals surface area contributed by atoms with Gasteiger partial charge in [0.15, 0.2) is 5.60 Å².